The Morgan fingerprint density at radius 3 is 1.99 bits per heavy atom. The molecule has 0 radical (unpaired) electrons. The first-order valence-corrected chi connectivity index (χ1v) is 30.2. The molecule has 0 saturated carbocycles. The molecule has 466 valence electrons. The molecule has 0 aliphatic carbocycles. The quantitative estimate of drug-likeness (QED) is 0.00971. The van der Waals surface area contributed by atoms with Crippen LogP contribution in [0.4, 0.5) is 19.0 Å². The van der Waals surface area contributed by atoms with Gasteiger partial charge in [-0.05, 0) is 23.6 Å². The summed E-state index contributed by atoms with van der Waals surface area (Å²) >= 11 is 6.36. The van der Waals surface area contributed by atoms with Crippen molar-refractivity contribution in [1.82, 2.24) is 40.1 Å². The predicted octanol–water partition coefficient (Wildman–Crippen LogP) is 2.82. The Morgan fingerprint density at radius 1 is 0.762 bits per heavy atom. The van der Waals surface area contributed by atoms with Crippen LogP contribution in [0.1, 0.15) is 42.8 Å². The highest BCUT2D eigenvalue weighted by Crippen LogP contribution is 2.55. The van der Waals surface area contributed by atoms with Gasteiger partial charge in [0.2, 0.25) is 16.9 Å². The first-order chi connectivity index (χ1) is 40.4. The minimum absolute atomic E-state index is 0.0668. The Kier molecular flexibility index (Phi) is 28.7. The topological polar surface area (TPSA) is 369 Å². The smallest absolute Gasteiger partial charge is 0.340 e. The van der Waals surface area contributed by atoms with Gasteiger partial charge in [-0.25, -0.2) is 22.5 Å². The number of hydrogen-bond donors (Lipinski definition) is 7. The van der Waals surface area contributed by atoms with Gasteiger partial charge in [0.1, 0.15) is 35.6 Å². The average Bonchev–Trinajstić information content (AvgIpc) is 2.19. The highest BCUT2D eigenvalue weighted by atomic mass is 35.5. The predicted molar refractivity (Wildman–Crippen MR) is 286 cm³/mol. The van der Waals surface area contributed by atoms with Crippen LogP contribution in [0, 0.1) is 17.5 Å². The number of amides is 1. The second kappa shape index (κ2) is 35.4. The van der Waals surface area contributed by atoms with Crippen LogP contribution in [0.3, 0.4) is 0 Å². The van der Waals surface area contributed by atoms with Crippen LogP contribution in [0.2, 0.25) is 5.28 Å². The fourth-order valence-electron chi connectivity index (χ4n) is 7.74. The fourth-order valence-corrected chi connectivity index (χ4v) is 10.5. The summed E-state index contributed by atoms with van der Waals surface area (Å²) in [4.78, 5) is 61.3. The number of ether oxygens (including phenoxy) is 10. The third-order valence-corrected chi connectivity index (χ3v) is 15.3. The average molecular weight is 1260 g/mol. The summed E-state index contributed by atoms with van der Waals surface area (Å²) in [6.45, 7) is 4.46. The Balaban J connectivity index is 0.739. The number of aliphatic hydroxyl groups excluding tert-OH is 2. The maximum Gasteiger partial charge on any atom is 0.340 e. The van der Waals surface area contributed by atoms with Crippen molar-refractivity contribution in [3.8, 4) is 5.75 Å². The molecule has 1 fully saturated rings. The summed E-state index contributed by atoms with van der Waals surface area (Å²) in [5.41, 5.74) is 1.55. The Labute approximate surface area is 483 Å². The number of rotatable bonds is 42. The van der Waals surface area contributed by atoms with Gasteiger partial charge >= 0.3 is 21.2 Å². The zero-order valence-corrected chi connectivity index (χ0v) is 47.8. The van der Waals surface area contributed by atoms with E-state index in [-0.39, 0.29) is 75.1 Å². The number of aromatic nitrogens is 7. The molecule has 0 spiro atoms. The molecule has 2 aromatic carbocycles. The highest BCUT2D eigenvalue weighted by molar-refractivity contribution is 7.70. The normalized spacial score (nSPS) is 17.4. The summed E-state index contributed by atoms with van der Waals surface area (Å²) in [7, 11) is -9.71. The molecule has 1 amide bonds. The number of carbonyl (C=O) groups excluding carboxylic acids is 2. The number of esters is 1. The summed E-state index contributed by atoms with van der Waals surface area (Å²) < 4.78 is 125. The van der Waals surface area contributed by atoms with E-state index >= 15 is 0 Å². The molecule has 35 heteroatoms. The molecule has 4 heterocycles. The number of halogens is 4. The molecular formula is C49H67ClF3N9O20P2. The Morgan fingerprint density at radius 2 is 1.36 bits per heavy atom. The number of nitrogens with one attached hydrogen (secondary N) is 2. The third kappa shape index (κ3) is 23.9. The minimum atomic E-state index is -4.92. The maximum atomic E-state index is 13.6. The number of hydrogen-bond acceptors (Lipinski definition) is 23. The molecule has 29 nitrogen and oxygen atoms in total. The number of aliphatic hydroxyl groups is 2. The number of carbonyl (C=O) groups is 2. The van der Waals surface area contributed by atoms with Crippen molar-refractivity contribution in [3.63, 3.8) is 0 Å². The van der Waals surface area contributed by atoms with Crippen LogP contribution in [0.25, 0.3) is 11.0 Å². The van der Waals surface area contributed by atoms with E-state index < -0.39 is 87.5 Å². The van der Waals surface area contributed by atoms with Crippen molar-refractivity contribution in [1.29, 1.82) is 0 Å². The molecule has 0 bridgehead atoms. The first kappa shape index (κ1) is 67.9. The van der Waals surface area contributed by atoms with Crippen LogP contribution in [-0.2, 0) is 79.0 Å². The van der Waals surface area contributed by atoms with E-state index in [2.05, 4.69) is 40.7 Å². The standard InChI is InChI=1S/C49H67ClF3N9O20P2/c50-49-57-46(36-28-55-62(47(36)58-49)48-44(66)43(65)40(81-48)31-80-84(70,71)32-83(67,68)69)56-39(33-4-2-1-3-5-33)6-7-41(63)54-9-12-73-15-18-76-22-23-78-24-25-79-30-35-29-61(60-59-35)10-13-74-16-19-77-21-20-75-17-14-72-11-8-42(64)82-45-37(52)26-34(51)27-38(45)53/h1-5,26-29,39-40,43-44,48,65-66H,6-25,30-32H2,(H,54,63)(H,70,71)(H,56,57,58)(H2,67,68,69)/t39?,40-,43-,44-,48-/m1/s1. The van der Waals surface area contributed by atoms with Crippen molar-refractivity contribution in [2.45, 2.75) is 63.0 Å². The van der Waals surface area contributed by atoms with Crippen LogP contribution in [0.5, 0.6) is 5.75 Å². The monoisotopic (exact) mass is 1260 g/mol. The fraction of sp³-hybridized carbons (Fsp3) is 0.571. The summed E-state index contributed by atoms with van der Waals surface area (Å²) in [6, 6.07) is 9.61. The van der Waals surface area contributed by atoms with E-state index in [0.29, 0.717) is 109 Å². The van der Waals surface area contributed by atoms with Crippen LogP contribution < -0.4 is 15.4 Å². The van der Waals surface area contributed by atoms with Crippen molar-refractivity contribution in [2.75, 3.05) is 123 Å². The van der Waals surface area contributed by atoms with Gasteiger partial charge in [-0.2, -0.15) is 15.1 Å². The van der Waals surface area contributed by atoms with Gasteiger partial charge in [-0.3, -0.25) is 18.7 Å². The van der Waals surface area contributed by atoms with Crippen molar-refractivity contribution in [2.24, 2.45) is 0 Å². The Hall–Kier alpha value is -5.19. The zero-order valence-electron chi connectivity index (χ0n) is 45.2. The van der Waals surface area contributed by atoms with E-state index in [0.717, 1.165) is 10.2 Å². The Bertz CT molecular complexity index is 2880. The molecule has 84 heavy (non-hydrogen) atoms. The second-order valence-corrected chi connectivity index (χ2v) is 22.5. The van der Waals surface area contributed by atoms with E-state index in [4.69, 9.17) is 68.5 Å². The van der Waals surface area contributed by atoms with Gasteiger partial charge in [-0.15, -0.1) is 5.10 Å². The number of benzene rings is 2. The number of nitrogens with zero attached hydrogens (tertiary/aromatic N) is 7. The van der Waals surface area contributed by atoms with Crippen molar-refractivity contribution in [3.05, 3.63) is 88.9 Å². The molecule has 5 aromatic rings. The van der Waals surface area contributed by atoms with Crippen LogP contribution in [-0.4, -0.2) is 208 Å². The number of fused-ring (bicyclic) bond motifs is 1. The molecule has 7 N–H and O–H groups in total. The molecule has 6 rings (SSSR count). The highest BCUT2D eigenvalue weighted by Gasteiger charge is 2.46. The summed E-state index contributed by atoms with van der Waals surface area (Å²) in [6.07, 6.45) is -2.84. The second-order valence-electron chi connectivity index (χ2n) is 18.2. The van der Waals surface area contributed by atoms with Gasteiger partial charge in [0.05, 0.1) is 149 Å². The lowest BCUT2D eigenvalue weighted by Gasteiger charge is -2.21. The van der Waals surface area contributed by atoms with E-state index in [1.54, 1.807) is 10.9 Å². The minimum Gasteiger partial charge on any atom is -0.420 e. The van der Waals surface area contributed by atoms with Gasteiger partial charge in [0.25, 0.3) is 0 Å². The molecule has 2 unspecified atom stereocenters. The molecule has 6 atom stereocenters. The largest absolute Gasteiger partial charge is 0.420 e. The first-order valence-electron chi connectivity index (χ1n) is 26.2. The molecule has 1 aliphatic heterocycles. The van der Waals surface area contributed by atoms with Gasteiger partial charge < -0.3 is 87.4 Å². The van der Waals surface area contributed by atoms with Gasteiger partial charge in [0, 0.05) is 25.1 Å². The lowest BCUT2D eigenvalue weighted by atomic mass is 10.0. The van der Waals surface area contributed by atoms with Gasteiger partial charge in [0.15, 0.2) is 29.4 Å². The number of anilines is 1. The van der Waals surface area contributed by atoms with E-state index in [1.807, 2.05) is 30.3 Å². The maximum absolute atomic E-state index is 13.6. The zero-order chi connectivity index (χ0) is 60.3. The lowest BCUT2D eigenvalue weighted by molar-refractivity contribution is -0.136. The lowest BCUT2D eigenvalue weighted by Crippen LogP contribution is -2.33. The summed E-state index contributed by atoms with van der Waals surface area (Å²) in [5, 5.41) is 40.3. The van der Waals surface area contributed by atoms with Crippen LogP contribution >= 0.6 is 26.8 Å². The molecule has 3 aromatic heterocycles. The van der Waals surface area contributed by atoms with Crippen molar-refractivity contribution >= 4 is 55.5 Å². The summed E-state index contributed by atoms with van der Waals surface area (Å²) in [5.74, 6) is -7.12. The SMILES string of the molecule is O=C(CCC(Nc1nc(Cl)nc2c1cnn2[C@@H]1O[C@H](COP(=O)(O)CP(=O)(O)O)[C@@H](O)[C@H]1O)c1ccccc1)NCCOCCOCCOCCOCc1cn(CCOCCOCCOCCOCCC(=O)Oc2c(F)cc(F)cc2F)nn1. The van der Waals surface area contributed by atoms with E-state index in [9.17, 15) is 47.0 Å². The third-order valence-electron chi connectivity index (χ3n) is 11.7. The molecule has 1 saturated heterocycles. The van der Waals surface area contributed by atoms with Gasteiger partial charge in [-0.1, -0.05) is 35.5 Å². The van der Waals surface area contributed by atoms with E-state index in [1.165, 1.54) is 6.20 Å². The molecule has 1 aliphatic rings. The van der Waals surface area contributed by atoms with Crippen LogP contribution in [0.15, 0.2) is 54.9 Å². The van der Waals surface area contributed by atoms with Crippen molar-refractivity contribution < 1.29 is 109 Å². The molecular weight excluding hydrogens is 1190 g/mol.